The van der Waals surface area contributed by atoms with E-state index in [1.165, 1.54) is 16.6 Å². The van der Waals surface area contributed by atoms with Gasteiger partial charge in [0.15, 0.2) is 0 Å². The Hall–Kier alpha value is -1.97. The molecule has 1 aliphatic heterocycles. The Balaban J connectivity index is 1.84. The third kappa shape index (κ3) is 1.93. The summed E-state index contributed by atoms with van der Waals surface area (Å²) in [5.41, 5.74) is 4.85. The number of nitrogens with zero attached hydrogens (tertiary/aromatic N) is 1. The van der Waals surface area contributed by atoms with Gasteiger partial charge in [-0.1, -0.05) is 0 Å². The van der Waals surface area contributed by atoms with Crippen molar-refractivity contribution in [3.8, 4) is 5.75 Å². The number of carbonyl (C=O) groups is 1. The van der Waals surface area contributed by atoms with Gasteiger partial charge < -0.3 is 14.6 Å². The predicted molar refractivity (Wildman–Crippen MR) is 81.4 cm³/mol. The van der Waals surface area contributed by atoms with Gasteiger partial charge in [-0.15, -0.1) is 0 Å². The molecular formula is C17H20N2O2. The summed E-state index contributed by atoms with van der Waals surface area (Å²) < 4.78 is 5.55. The van der Waals surface area contributed by atoms with Gasteiger partial charge in [0.05, 0.1) is 7.11 Å². The van der Waals surface area contributed by atoms with Crippen molar-refractivity contribution in [1.82, 2.24) is 9.88 Å². The van der Waals surface area contributed by atoms with Crippen LogP contribution in [-0.4, -0.2) is 29.4 Å². The lowest BCUT2D eigenvalue weighted by Gasteiger charge is -2.22. The van der Waals surface area contributed by atoms with E-state index in [9.17, 15) is 4.79 Å². The number of H-pyrrole nitrogens is 1. The number of aromatic nitrogens is 1. The van der Waals surface area contributed by atoms with E-state index < -0.39 is 0 Å². The smallest absolute Gasteiger partial charge is 0.225 e. The fourth-order valence-electron chi connectivity index (χ4n) is 3.50. The van der Waals surface area contributed by atoms with Crippen molar-refractivity contribution in [1.29, 1.82) is 0 Å². The monoisotopic (exact) mass is 284 g/mol. The summed E-state index contributed by atoms with van der Waals surface area (Å²) in [5.74, 6) is 1.48. The highest BCUT2D eigenvalue weighted by Gasteiger charge is 2.35. The maximum Gasteiger partial charge on any atom is 0.225 e. The van der Waals surface area contributed by atoms with Crippen LogP contribution in [0.15, 0.2) is 12.1 Å². The molecular weight excluding hydrogens is 264 g/mol. The number of amides is 1. The molecule has 0 unspecified atom stereocenters. The number of rotatable bonds is 2. The molecule has 1 aliphatic carbocycles. The number of nitrogens with one attached hydrogen (secondary N) is 1. The normalized spacial score (nSPS) is 17.9. The summed E-state index contributed by atoms with van der Waals surface area (Å²) in [6.45, 7) is 3.59. The molecule has 0 saturated heterocycles. The lowest BCUT2D eigenvalue weighted by atomic mass is 10.0. The molecule has 1 amide bonds. The lowest BCUT2D eigenvalue weighted by Crippen LogP contribution is -2.32. The first-order valence-corrected chi connectivity index (χ1v) is 7.65. The van der Waals surface area contributed by atoms with Gasteiger partial charge in [-0.2, -0.15) is 0 Å². The van der Waals surface area contributed by atoms with E-state index >= 15 is 0 Å². The summed E-state index contributed by atoms with van der Waals surface area (Å²) in [6.07, 6.45) is 3.04. The molecule has 4 heteroatoms. The van der Waals surface area contributed by atoms with Gasteiger partial charge in [0, 0.05) is 41.2 Å². The number of hydrogen-bond donors (Lipinski definition) is 1. The molecule has 21 heavy (non-hydrogen) atoms. The van der Waals surface area contributed by atoms with E-state index in [-0.39, 0.29) is 5.92 Å². The highest BCUT2D eigenvalue weighted by molar-refractivity contribution is 5.91. The predicted octanol–water partition coefficient (Wildman–Crippen LogP) is 2.78. The van der Waals surface area contributed by atoms with E-state index in [1.54, 1.807) is 7.11 Å². The number of carbonyl (C=O) groups excluding carboxylic acids is 1. The maximum absolute atomic E-state index is 12.5. The molecule has 2 heterocycles. The minimum absolute atomic E-state index is 0.273. The molecule has 1 aromatic heterocycles. The molecule has 4 rings (SSSR count). The standard InChI is InChI=1S/C17H20N2O2/c1-10-12-7-8-19(17(20)11-3-4-11)9-13-15(21-2)6-5-14(18-10)16(12)13/h5-6,11,18H,3-4,7-9H2,1-2H3. The van der Waals surface area contributed by atoms with E-state index in [0.717, 1.165) is 42.6 Å². The van der Waals surface area contributed by atoms with Crippen LogP contribution in [0.2, 0.25) is 0 Å². The Labute approximate surface area is 124 Å². The SMILES string of the molecule is COc1ccc2[nH]c(C)c3c2c1CN(C(=O)C1CC1)CC3. The van der Waals surface area contributed by atoms with Crippen LogP contribution in [0.3, 0.4) is 0 Å². The number of methoxy groups -OCH3 is 1. The van der Waals surface area contributed by atoms with Crippen molar-refractivity contribution < 1.29 is 9.53 Å². The van der Waals surface area contributed by atoms with Crippen molar-refractivity contribution in [2.45, 2.75) is 32.7 Å². The van der Waals surface area contributed by atoms with E-state index in [4.69, 9.17) is 4.74 Å². The molecule has 1 fully saturated rings. The molecule has 1 aromatic carbocycles. The number of hydrogen-bond acceptors (Lipinski definition) is 2. The van der Waals surface area contributed by atoms with Gasteiger partial charge >= 0.3 is 0 Å². The molecule has 0 spiro atoms. The van der Waals surface area contributed by atoms with Crippen LogP contribution in [-0.2, 0) is 17.8 Å². The quantitative estimate of drug-likeness (QED) is 0.921. The van der Waals surface area contributed by atoms with Crippen LogP contribution in [0.4, 0.5) is 0 Å². The largest absolute Gasteiger partial charge is 0.496 e. The molecule has 1 saturated carbocycles. The Kier molecular flexibility index (Phi) is 2.74. The molecule has 2 aromatic rings. The summed E-state index contributed by atoms with van der Waals surface area (Å²) in [4.78, 5) is 17.9. The van der Waals surface area contributed by atoms with Crippen LogP contribution >= 0.6 is 0 Å². The van der Waals surface area contributed by atoms with Crippen molar-refractivity contribution in [3.05, 3.63) is 29.0 Å². The highest BCUT2D eigenvalue weighted by atomic mass is 16.5. The first-order valence-electron chi connectivity index (χ1n) is 7.65. The minimum atomic E-state index is 0.273. The zero-order valence-electron chi connectivity index (χ0n) is 12.5. The van der Waals surface area contributed by atoms with Crippen molar-refractivity contribution in [3.63, 3.8) is 0 Å². The molecule has 1 N–H and O–H groups in total. The fraction of sp³-hybridized carbons (Fsp3) is 0.471. The summed E-state index contributed by atoms with van der Waals surface area (Å²) >= 11 is 0. The Morgan fingerprint density at radius 3 is 2.86 bits per heavy atom. The Morgan fingerprint density at radius 1 is 1.33 bits per heavy atom. The third-order valence-electron chi connectivity index (χ3n) is 4.79. The van der Waals surface area contributed by atoms with E-state index in [1.807, 2.05) is 11.0 Å². The number of ether oxygens (including phenoxy) is 1. The second kappa shape index (κ2) is 4.52. The van der Waals surface area contributed by atoms with Crippen molar-refractivity contribution in [2.75, 3.05) is 13.7 Å². The van der Waals surface area contributed by atoms with E-state index in [0.29, 0.717) is 12.5 Å². The summed E-state index contributed by atoms with van der Waals surface area (Å²) in [7, 11) is 1.70. The van der Waals surface area contributed by atoms with Gasteiger partial charge in [0.25, 0.3) is 0 Å². The van der Waals surface area contributed by atoms with Crippen LogP contribution in [0.25, 0.3) is 10.9 Å². The Bertz CT molecular complexity index is 728. The summed E-state index contributed by atoms with van der Waals surface area (Å²) in [5, 5.41) is 1.26. The average molecular weight is 284 g/mol. The van der Waals surface area contributed by atoms with Crippen molar-refractivity contribution >= 4 is 16.8 Å². The number of aromatic amines is 1. The number of benzene rings is 1. The molecule has 0 atom stereocenters. The van der Waals surface area contributed by atoms with Crippen LogP contribution in [0, 0.1) is 12.8 Å². The van der Waals surface area contributed by atoms with E-state index in [2.05, 4.69) is 18.0 Å². The zero-order chi connectivity index (χ0) is 14.6. The average Bonchev–Trinajstić information content (AvgIpc) is 3.28. The van der Waals surface area contributed by atoms with Gasteiger partial charge in [-0.25, -0.2) is 0 Å². The first kappa shape index (κ1) is 12.7. The lowest BCUT2D eigenvalue weighted by molar-refractivity contribution is -0.133. The molecule has 4 nitrogen and oxygen atoms in total. The minimum Gasteiger partial charge on any atom is -0.496 e. The number of aryl methyl sites for hydroxylation is 1. The summed E-state index contributed by atoms with van der Waals surface area (Å²) in [6, 6.07) is 4.08. The topological polar surface area (TPSA) is 45.3 Å². The van der Waals surface area contributed by atoms with Gasteiger partial charge in [-0.05, 0) is 43.9 Å². The second-order valence-electron chi connectivity index (χ2n) is 6.18. The van der Waals surface area contributed by atoms with Gasteiger partial charge in [0.1, 0.15) is 5.75 Å². The zero-order valence-corrected chi connectivity index (χ0v) is 12.5. The Morgan fingerprint density at radius 2 is 2.14 bits per heavy atom. The van der Waals surface area contributed by atoms with Gasteiger partial charge in [-0.3, -0.25) is 4.79 Å². The molecule has 2 aliphatic rings. The van der Waals surface area contributed by atoms with Gasteiger partial charge in [0.2, 0.25) is 5.91 Å². The second-order valence-corrected chi connectivity index (χ2v) is 6.18. The fourth-order valence-corrected chi connectivity index (χ4v) is 3.50. The van der Waals surface area contributed by atoms with Crippen LogP contribution in [0.5, 0.6) is 5.75 Å². The van der Waals surface area contributed by atoms with Crippen molar-refractivity contribution in [2.24, 2.45) is 5.92 Å². The third-order valence-corrected chi connectivity index (χ3v) is 4.79. The maximum atomic E-state index is 12.5. The molecule has 110 valence electrons. The highest BCUT2D eigenvalue weighted by Crippen LogP contribution is 2.37. The first-order chi connectivity index (χ1) is 10.2. The van der Waals surface area contributed by atoms with Crippen LogP contribution in [0.1, 0.15) is 29.7 Å². The molecule has 0 bridgehead atoms. The van der Waals surface area contributed by atoms with Crippen LogP contribution < -0.4 is 4.74 Å². The molecule has 0 radical (unpaired) electrons.